The third kappa shape index (κ3) is 3.15. The quantitative estimate of drug-likeness (QED) is 0.890. The number of halogens is 3. The fourth-order valence-corrected chi connectivity index (χ4v) is 2.43. The minimum atomic E-state index is -0.367. The van der Waals surface area contributed by atoms with Crippen molar-refractivity contribution in [2.45, 2.75) is 6.04 Å². The van der Waals surface area contributed by atoms with Crippen molar-refractivity contribution >= 4 is 34.8 Å². The lowest BCUT2D eigenvalue weighted by molar-refractivity contribution is 0.415. The van der Waals surface area contributed by atoms with Crippen LogP contribution in [0.5, 0.6) is 5.75 Å². The molecule has 0 aliphatic rings. The van der Waals surface area contributed by atoms with Crippen LogP contribution in [0, 0.1) is 0 Å². The lowest BCUT2D eigenvalue weighted by Crippen LogP contribution is -2.12. The molecule has 2 aromatic rings. The Labute approximate surface area is 127 Å². The Hall–Kier alpha value is -0.930. The number of methoxy groups -OCH3 is 1. The van der Waals surface area contributed by atoms with Crippen molar-refractivity contribution in [3.05, 3.63) is 62.6 Å². The largest absolute Gasteiger partial charge is 0.495 e. The van der Waals surface area contributed by atoms with Gasteiger partial charge in [0.25, 0.3) is 0 Å². The van der Waals surface area contributed by atoms with Crippen LogP contribution in [-0.4, -0.2) is 7.11 Å². The van der Waals surface area contributed by atoms with Gasteiger partial charge >= 0.3 is 0 Å². The molecule has 0 saturated heterocycles. The van der Waals surface area contributed by atoms with Crippen LogP contribution in [0.4, 0.5) is 0 Å². The molecule has 5 heteroatoms. The summed E-state index contributed by atoms with van der Waals surface area (Å²) in [5.41, 5.74) is 7.86. The Morgan fingerprint density at radius 1 is 1.00 bits per heavy atom. The molecule has 0 fully saturated rings. The Morgan fingerprint density at radius 2 is 1.63 bits per heavy atom. The Bertz CT molecular complexity index is 584. The average Bonchev–Trinajstić information content (AvgIpc) is 2.41. The van der Waals surface area contributed by atoms with Crippen molar-refractivity contribution in [2.75, 3.05) is 7.11 Å². The topological polar surface area (TPSA) is 35.2 Å². The number of ether oxygens (including phenoxy) is 1. The highest BCUT2D eigenvalue weighted by molar-refractivity contribution is 6.34. The molecule has 1 atom stereocenters. The van der Waals surface area contributed by atoms with Crippen LogP contribution in [0.15, 0.2) is 36.4 Å². The first kappa shape index (κ1) is 14.5. The molecule has 100 valence electrons. The van der Waals surface area contributed by atoms with Gasteiger partial charge in [-0.2, -0.15) is 0 Å². The average molecular weight is 317 g/mol. The smallest absolute Gasteiger partial charge is 0.138 e. The second-order valence-electron chi connectivity index (χ2n) is 4.04. The van der Waals surface area contributed by atoms with Crippen LogP contribution in [0.2, 0.25) is 15.1 Å². The molecule has 0 spiro atoms. The molecule has 2 rings (SSSR count). The zero-order valence-corrected chi connectivity index (χ0v) is 12.4. The summed E-state index contributed by atoms with van der Waals surface area (Å²) < 4.78 is 5.11. The van der Waals surface area contributed by atoms with Crippen molar-refractivity contribution in [3.63, 3.8) is 0 Å². The molecule has 1 unspecified atom stereocenters. The second kappa shape index (κ2) is 6.02. The summed E-state index contributed by atoms with van der Waals surface area (Å²) in [7, 11) is 1.54. The Morgan fingerprint density at radius 3 is 2.21 bits per heavy atom. The van der Waals surface area contributed by atoms with E-state index in [1.165, 1.54) is 7.11 Å². The van der Waals surface area contributed by atoms with Crippen molar-refractivity contribution in [1.29, 1.82) is 0 Å². The standard InChI is InChI=1S/C14H12Cl3NO/c1-19-13-7-11(16)10(6-12(13)17)14(18)8-2-4-9(15)5-3-8/h2-7,14H,18H2,1H3. The van der Waals surface area contributed by atoms with Gasteiger partial charge in [0.1, 0.15) is 5.75 Å². The molecule has 2 N–H and O–H groups in total. The summed E-state index contributed by atoms with van der Waals surface area (Å²) in [6, 6.07) is 10.3. The Balaban J connectivity index is 2.41. The van der Waals surface area contributed by atoms with Gasteiger partial charge in [0.15, 0.2) is 0 Å². The van der Waals surface area contributed by atoms with Crippen LogP contribution < -0.4 is 10.5 Å². The van der Waals surface area contributed by atoms with E-state index in [0.717, 1.165) is 11.1 Å². The highest BCUT2D eigenvalue weighted by atomic mass is 35.5. The summed E-state index contributed by atoms with van der Waals surface area (Å²) >= 11 is 18.2. The molecule has 2 aromatic carbocycles. The molecule has 0 amide bonds. The molecule has 0 saturated carbocycles. The molecule has 0 aliphatic heterocycles. The second-order valence-corrected chi connectivity index (χ2v) is 5.29. The molecule has 0 bridgehead atoms. The molecule has 2 nitrogen and oxygen atoms in total. The molecular weight excluding hydrogens is 305 g/mol. The van der Waals surface area contributed by atoms with Gasteiger partial charge in [-0.15, -0.1) is 0 Å². The number of benzene rings is 2. The van der Waals surface area contributed by atoms with E-state index in [-0.39, 0.29) is 6.04 Å². The number of nitrogens with two attached hydrogens (primary N) is 1. The molecule has 0 aliphatic carbocycles. The van der Waals surface area contributed by atoms with Crippen LogP contribution in [0.1, 0.15) is 17.2 Å². The predicted molar refractivity (Wildman–Crippen MR) is 80.5 cm³/mol. The number of rotatable bonds is 3. The minimum Gasteiger partial charge on any atom is -0.495 e. The zero-order chi connectivity index (χ0) is 14.0. The van der Waals surface area contributed by atoms with E-state index in [2.05, 4.69) is 0 Å². The predicted octanol–water partition coefficient (Wildman–Crippen LogP) is 4.70. The van der Waals surface area contributed by atoms with Gasteiger partial charge in [-0.05, 0) is 29.3 Å². The summed E-state index contributed by atoms with van der Waals surface area (Å²) in [6.45, 7) is 0. The Kier molecular flexibility index (Phi) is 4.58. The maximum atomic E-state index is 6.21. The van der Waals surface area contributed by atoms with Gasteiger partial charge in [-0.3, -0.25) is 0 Å². The van der Waals surface area contributed by atoms with Crippen molar-refractivity contribution in [1.82, 2.24) is 0 Å². The fourth-order valence-electron chi connectivity index (χ4n) is 1.79. The first-order valence-corrected chi connectivity index (χ1v) is 6.70. The van der Waals surface area contributed by atoms with E-state index in [9.17, 15) is 0 Å². The first-order valence-electron chi connectivity index (χ1n) is 5.57. The lowest BCUT2D eigenvalue weighted by Gasteiger charge is -2.16. The molecule has 0 heterocycles. The van der Waals surface area contributed by atoms with Gasteiger partial charge in [-0.25, -0.2) is 0 Å². The molecule has 19 heavy (non-hydrogen) atoms. The first-order chi connectivity index (χ1) is 9.02. The van der Waals surface area contributed by atoms with E-state index >= 15 is 0 Å². The fraction of sp³-hybridized carbons (Fsp3) is 0.143. The van der Waals surface area contributed by atoms with Crippen molar-refractivity contribution in [3.8, 4) is 5.75 Å². The van der Waals surface area contributed by atoms with E-state index in [1.807, 2.05) is 12.1 Å². The van der Waals surface area contributed by atoms with Crippen LogP contribution >= 0.6 is 34.8 Å². The SMILES string of the molecule is COc1cc(Cl)c(C(N)c2ccc(Cl)cc2)cc1Cl. The van der Waals surface area contributed by atoms with Gasteiger partial charge in [0.05, 0.1) is 18.2 Å². The van der Waals surface area contributed by atoms with Gasteiger partial charge < -0.3 is 10.5 Å². The third-order valence-corrected chi connectivity index (χ3v) is 3.71. The molecule has 0 radical (unpaired) electrons. The third-order valence-electron chi connectivity index (χ3n) is 2.84. The van der Waals surface area contributed by atoms with E-state index in [0.29, 0.717) is 20.8 Å². The maximum Gasteiger partial charge on any atom is 0.138 e. The number of hydrogen-bond donors (Lipinski definition) is 1. The van der Waals surface area contributed by atoms with Gasteiger partial charge in [0, 0.05) is 16.1 Å². The van der Waals surface area contributed by atoms with E-state index < -0.39 is 0 Å². The summed E-state index contributed by atoms with van der Waals surface area (Å²) in [5, 5.41) is 1.66. The highest BCUT2D eigenvalue weighted by Gasteiger charge is 2.15. The van der Waals surface area contributed by atoms with Crippen LogP contribution in [0.3, 0.4) is 0 Å². The molecule has 0 aromatic heterocycles. The van der Waals surface area contributed by atoms with Crippen LogP contribution in [0.25, 0.3) is 0 Å². The summed E-state index contributed by atoms with van der Waals surface area (Å²) in [6.07, 6.45) is 0. The van der Waals surface area contributed by atoms with Crippen molar-refractivity contribution in [2.24, 2.45) is 5.73 Å². The van der Waals surface area contributed by atoms with Gasteiger partial charge in [0.2, 0.25) is 0 Å². The summed E-state index contributed by atoms with van der Waals surface area (Å²) in [4.78, 5) is 0. The molecular formula is C14H12Cl3NO. The van der Waals surface area contributed by atoms with Crippen LogP contribution in [-0.2, 0) is 0 Å². The highest BCUT2D eigenvalue weighted by Crippen LogP contribution is 2.35. The monoisotopic (exact) mass is 315 g/mol. The van der Waals surface area contributed by atoms with E-state index in [1.54, 1.807) is 24.3 Å². The number of hydrogen-bond acceptors (Lipinski definition) is 2. The summed E-state index contributed by atoms with van der Waals surface area (Å²) in [5.74, 6) is 0.527. The van der Waals surface area contributed by atoms with Gasteiger partial charge in [-0.1, -0.05) is 46.9 Å². The lowest BCUT2D eigenvalue weighted by atomic mass is 9.99. The van der Waals surface area contributed by atoms with E-state index in [4.69, 9.17) is 45.3 Å². The van der Waals surface area contributed by atoms with Crippen molar-refractivity contribution < 1.29 is 4.74 Å². The minimum absolute atomic E-state index is 0.367. The normalized spacial score (nSPS) is 12.3. The maximum absolute atomic E-state index is 6.21. The zero-order valence-electron chi connectivity index (χ0n) is 10.2.